The van der Waals surface area contributed by atoms with Crippen molar-refractivity contribution in [2.45, 2.75) is 6.92 Å². The van der Waals surface area contributed by atoms with Crippen LogP contribution < -0.4 is 0 Å². The number of nitrogens with one attached hydrogen (secondary N) is 1. The third-order valence-corrected chi connectivity index (χ3v) is 2.61. The number of H-pyrrole nitrogens is 1. The van der Waals surface area contributed by atoms with Gasteiger partial charge in [0, 0.05) is 28.7 Å². The van der Waals surface area contributed by atoms with Crippen LogP contribution in [0.3, 0.4) is 0 Å². The molecule has 2 heteroatoms. The molecule has 14 heavy (non-hydrogen) atoms. The van der Waals surface area contributed by atoms with Gasteiger partial charge < -0.3 is 4.98 Å². The predicted molar refractivity (Wildman–Crippen MR) is 58.3 cm³/mol. The molecule has 68 valence electrons. The first-order chi connectivity index (χ1) is 6.86. The maximum absolute atomic E-state index is 4.21. The second-order valence-corrected chi connectivity index (χ2v) is 3.55. The molecule has 3 aromatic rings. The number of rotatable bonds is 0. The van der Waals surface area contributed by atoms with Gasteiger partial charge in [0.2, 0.25) is 0 Å². The van der Waals surface area contributed by atoms with E-state index in [0.29, 0.717) is 0 Å². The van der Waals surface area contributed by atoms with Crippen molar-refractivity contribution in [3.05, 3.63) is 42.2 Å². The molecule has 0 saturated heterocycles. The Morgan fingerprint density at radius 2 is 1.93 bits per heavy atom. The van der Waals surface area contributed by atoms with Gasteiger partial charge in [0.25, 0.3) is 0 Å². The van der Waals surface area contributed by atoms with E-state index in [1.807, 2.05) is 18.5 Å². The van der Waals surface area contributed by atoms with Crippen LogP contribution in [0.2, 0.25) is 0 Å². The fourth-order valence-electron chi connectivity index (χ4n) is 1.90. The molecule has 3 rings (SSSR count). The van der Waals surface area contributed by atoms with E-state index in [1.54, 1.807) is 0 Å². The monoisotopic (exact) mass is 182 g/mol. The number of aryl methyl sites for hydroxylation is 1. The summed E-state index contributed by atoms with van der Waals surface area (Å²) < 4.78 is 0. The Morgan fingerprint density at radius 3 is 2.86 bits per heavy atom. The van der Waals surface area contributed by atoms with Gasteiger partial charge in [-0.1, -0.05) is 18.2 Å². The van der Waals surface area contributed by atoms with Gasteiger partial charge >= 0.3 is 0 Å². The van der Waals surface area contributed by atoms with Crippen LogP contribution in [0.25, 0.3) is 21.8 Å². The van der Waals surface area contributed by atoms with Crippen molar-refractivity contribution in [2.75, 3.05) is 0 Å². The molecule has 2 heterocycles. The predicted octanol–water partition coefficient (Wildman–Crippen LogP) is 3.02. The fraction of sp³-hybridized carbons (Fsp3) is 0.0833. The van der Waals surface area contributed by atoms with Crippen molar-refractivity contribution in [3.8, 4) is 0 Å². The lowest BCUT2D eigenvalue weighted by molar-refractivity contribution is 1.30. The lowest BCUT2D eigenvalue weighted by atomic mass is 10.2. The Labute approximate surface area is 81.6 Å². The maximum atomic E-state index is 4.21. The molecule has 0 fully saturated rings. The molecular formula is C12H10N2. The van der Waals surface area contributed by atoms with E-state index in [-0.39, 0.29) is 0 Å². The van der Waals surface area contributed by atoms with Crippen molar-refractivity contribution < 1.29 is 0 Å². The van der Waals surface area contributed by atoms with Crippen molar-refractivity contribution in [2.24, 2.45) is 0 Å². The van der Waals surface area contributed by atoms with Crippen LogP contribution in [-0.2, 0) is 0 Å². The van der Waals surface area contributed by atoms with E-state index in [0.717, 1.165) is 0 Å². The number of hydrogen-bond acceptors (Lipinski definition) is 1. The van der Waals surface area contributed by atoms with E-state index in [1.165, 1.54) is 27.4 Å². The Morgan fingerprint density at radius 1 is 1.07 bits per heavy atom. The Kier molecular flexibility index (Phi) is 1.39. The third kappa shape index (κ3) is 0.880. The Balaban J connectivity index is 2.63. The zero-order valence-corrected chi connectivity index (χ0v) is 7.91. The molecule has 0 amide bonds. The summed E-state index contributed by atoms with van der Waals surface area (Å²) in [5.74, 6) is 0. The number of nitrogens with zero attached hydrogens (tertiary/aromatic N) is 1. The average Bonchev–Trinajstić information content (AvgIpc) is 2.59. The van der Waals surface area contributed by atoms with Gasteiger partial charge in [-0.2, -0.15) is 0 Å². The van der Waals surface area contributed by atoms with Crippen molar-refractivity contribution in [3.63, 3.8) is 0 Å². The average molecular weight is 182 g/mol. The van der Waals surface area contributed by atoms with Crippen LogP contribution in [0.1, 0.15) is 5.56 Å². The Hall–Kier alpha value is -1.83. The van der Waals surface area contributed by atoms with Crippen molar-refractivity contribution >= 4 is 21.8 Å². The molecule has 2 aromatic heterocycles. The zero-order valence-electron chi connectivity index (χ0n) is 7.91. The highest BCUT2D eigenvalue weighted by atomic mass is 14.7. The Bertz CT molecular complexity index is 608. The van der Waals surface area contributed by atoms with E-state index >= 15 is 0 Å². The minimum atomic E-state index is 1.18. The normalized spacial score (nSPS) is 11.2. The molecule has 0 aliphatic heterocycles. The molecule has 0 atom stereocenters. The highest BCUT2D eigenvalue weighted by molar-refractivity contribution is 6.07. The second kappa shape index (κ2) is 2.58. The minimum absolute atomic E-state index is 1.18. The van der Waals surface area contributed by atoms with Crippen LogP contribution in [0.4, 0.5) is 0 Å². The highest BCUT2D eigenvalue weighted by Crippen LogP contribution is 2.25. The van der Waals surface area contributed by atoms with Crippen LogP contribution in [0, 0.1) is 6.92 Å². The van der Waals surface area contributed by atoms with Crippen LogP contribution in [-0.4, -0.2) is 9.97 Å². The molecule has 0 aliphatic rings. The van der Waals surface area contributed by atoms with Crippen molar-refractivity contribution in [1.82, 2.24) is 9.97 Å². The van der Waals surface area contributed by atoms with E-state index in [2.05, 4.69) is 35.1 Å². The summed E-state index contributed by atoms with van der Waals surface area (Å²) in [6, 6.07) is 8.31. The molecule has 0 bridgehead atoms. The van der Waals surface area contributed by atoms with Gasteiger partial charge in [-0.15, -0.1) is 0 Å². The van der Waals surface area contributed by atoms with E-state index in [9.17, 15) is 0 Å². The number of para-hydroxylation sites is 1. The third-order valence-electron chi connectivity index (χ3n) is 2.61. The number of benzene rings is 1. The number of aromatic amines is 1. The molecule has 2 nitrogen and oxygen atoms in total. The summed E-state index contributed by atoms with van der Waals surface area (Å²) in [6.07, 6.45) is 3.80. The molecule has 0 saturated carbocycles. The van der Waals surface area contributed by atoms with Gasteiger partial charge in [0.1, 0.15) is 0 Å². The molecule has 0 spiro atoms. The molecule has 0 radical (unpaired) electrons. The number of pyridine rings is 1. The minimum Gasteiger partial charge on any atom is -0.354 e. The first-order valence-corrected chi connectivity index (χ1v) is 4.67. The van der Waals surface area contributed by atoms with Gasteiger partial charge in [-0.3, -0.25) is 4.98 Å². The first-order valence-electron chi connectivity index (χ1n) is 4.67. The SMILES string of the molecule is Cc1cncc2c1[nH]c1ccccc12. The highest BCUT2D eigenvalue weighted by Gasteiger charge is 2.04. The number of aromatic nitrogens is 2. The van der Waals surface area contributed by atoms with Gasteiger partial charge in [-0.25, -0.2) is 0 Å². The largest absolute Gasteiger partial charge is 0.354 e. The molecule has 0 unspecified atom stereocenters. The van der Waals surface area contributed by atoms with Crippen molar-refractivity contribution in [1.29, 1.82) is 0 Å². The van der Waals surface area contributed by atoms with Crippen LogP contribution >= 0.6 is 0 Å². The molecular weight excluding hydrogens is 172 g/mol. The summed E-state index contributed by atoms with van der Waals surface area (Å²) >= 11 is 0. The smallest absolute Gasteiger partial charge is 0.0525 e. The maximum Gasteiger partial charge on any atom is 0.0525 e. The lowest BCUT2D eigenvalue weighted by Gasteiger charge is -1.92. The summed E-state index contributed by atoms with van der Waals surface area (Å²) in [6.45, 7) is 2.07. The summed E-state index contributed by atoms with van der Waals surface area (Å²) in [5, 5.41) is 2.46. The molecule has 1 aromatic carbocycles. The van der Waals surface area contributed by atoms with E-state index in [4.69, 9.17) is 0 Å². The van der Waals surface area contributed by atoms with Gasteiger partial charge in [0.05, 0.1) is 5.52 Å². The van der Waals surface area contributed by atoms with Crippen LogP contribution in [0.5, 0.6) is 0 Å². The van der Waals surface area contributed by atoms with Gasteiger partial charge in [-0.05, 0) is 18.6 Å². The zero-order chi connectivity index (χ0) is 9.54. The summed E-state index contributed by atoms with van der Waals surface area (Å²) in [4.78, 5) is 7.62. The summed E-state index contributed by atoms with van der Waals surface area (Å²) in [5.41, 5.74) is 3.57. The summed E-state index contributed by atoms with van der Waals surface area (Å²) in [7, 11) is 0. The molecule has 1 N–H and O–H groups in total. The second-order valence-electron chi connectivity index (χ2n) is 3.55. The quantitative estimate of drug-likeness (QED) is 0.568. The standard InChI is InChI=1S/C12H10N2/c1-8-6-13-7-10-9-4-2-3-5-11(9)14-12(8)10/h2-7,14H,1H3. The van der Waals surface area contributed by atoms with Crippen LogP contribution in [0.15, 0.2) is 36.7 Å². The first kappa shape index (κ1) is 7.56. The van der Waals surface area contributed by atoms with E-state index < -0.39 is 0 Å². The number of hydrogen-bond donors (Lipinski definition) is 1. The fourth-order valence-corrected chi connectivity index (χ4v) is 1.90. The lowest BCUT2D eigenvalue weighted by Crippen LogP contribution is -1.77. The topological polar surface area (TPSA) is 28.7 Å². The van der Waals surface area contributed by atoms with Gasteiger partial charge in [0.15, 0.2) is 0 Å². The number of fused-ring (bicyclic) bond motifs is 3. The molecule has 0 aliphatic carbocycles.